The van der Waals surface area contributed by atoms with Crippen LogP contribution in [0.1, 0.15) is 24.0 Å². The highest BCUT2D eigenvalue weighted by Crippen LogP contribution is 2.50. The molecule has 1 aliphatic rings. The van der Waals surface area contributed by atoms with Crippen molar-refractivity contribution in [3.63, 3.8) is 0 Å². The minimum atomic E-state index is -0.239. The van der Waals surface area contributed by atoms with E-state index < -0.39 is 0 Å². The molecule has 3 aromatic rings. The van der Waals surface area contributed by atoms with E-state index in [1.165, 1.54) is 17.7 Å². The molecular weight excluding hydrogens is 303 g/mol. The van der Waals surface area contributed by atoms with Gasteiger partial charge in [0.15, 0.2) is 0 Å². The maximum Gasteiger partial charge on any atom is 0.224 e. The van der Waals surface area contributed by atoms with Gasteiger partial charge < -0.3 is 10.3 Å². The molecule has 0 bridgehead atoms. The maximum atomic E-state index is 13.3. The van der Waals surface area contributed by atoms with Crippen LogP contribution in [-0.4, -0.2) is 17.4 Å². The number of rotatable bonds is 5. The summed E-state index contributed by atoms with van der Waals surface area (Å²) in [7, 11) is 0. The first-order chi connectivity index (χ1) is 11.7. The Kier molecular flexibility index (Phi) is 3.60. The summed E-state index contributed by atoms with van der Waals surface area (Å²) < 4.78 is 13.3. The largest absolute Gasteiger partial charge is 0.361 e. The van der Waals surface area contributed by atoms with Gasteiger partial charge in [-0.25, -0.2) is 4.39 Å². The zero-order valence-corrected chi connectivity index (χ0v) is 13.3. The van der Waals surface area contributed by atoms with Crippen molar-refractivity contribution in [1.82, 2.24) is 10.3 Å². The van der Waals surface area contributed by atoms with Crippen LogP contribution in [0.2, 0.25) is 0 Å². The summed E-state index contributed by atoms with van der Waals surface area (Å²) in [4.78, 5) is 15.3. The molecule has 2 aromatic carbocycles. The molecule has 122 valence electrons. The monoisotopic (exact) mass is 322 g/mol. The lowest BCUT2D eigenvalue weighted by molar-refractivity contribution is -0.120. The summed E-state index contributed by atoms with van der Waals surface area (Å²) in [5, 5.41) is 4.12. The molecule has 2 N–H and O–H groups in total. The Morgan fingerprint density at radius 3 is 2.71 bits per heavy atom. The van der Waals surface area contributed by atoms with Gasteiger partial charge in [0.05, 0.1) is 6.42 Å². The maximum absolute atomic E-state index is 13.3. The number of carbonyl (C=O) groups excluding carboxylic acids is 1. The van der Waals surface area contributed by atoms with Gasteiger partial charge >= 0.3 is 0 Å². The molecule has 0 spiro atoms. The van der Waals surface area contributed by atoms with E-state index in [9.17, 15) is 9.18 Å². The number of aromatic nitrogens is 1. The number of H-pyrrole nitrogens is 1. The SMILES string of the molecule is O=C(Cc1ccccc1)NCC1(c2c[nH]c3cc(F)ccc23)CC1. The van der Waals surface area contributed by atoms with E-state index >= 15 is 0 Å². The quantitative estimate of drug-likeness (QED) is 0.739. The van der Waals surface area contributed by atoms with Crippen LogP contribution in [0.5, 0.6) is 0 Å². The molecular formula is C20H19FN2O. The number of nitrogens with one attached hydrogen (secondary N) is 2. The van der Waals surface area contributed by atoms with Crippen LogP contribution in [0.4, 0.5) is 4.39 Å². The number of halogens is 1. The summed E-state index contributed by atoms with van der Waals surface area (Å²) in [5.41, 5.74) is 2.99. The highest BCUT2D eigenvalue weighted by atomic mass is 19.1. The van der Waals surface area contributed by atoms with Gasteiger partial charge in [0.1, 0.15) is 5.82 Å². The van der Waals surface area contributed by atoms with Gasteiger partial charge in [-0.05, 0) is 42.2 Å². The summed E-state index contributed by atoms with van der Waals surface area (Å²) >= 11 is 0. The lowest BCUT2D eigenvalue weighted by Crippen LogP contribution is -2.33. The Hall–Kier alpha value is -2.62. The summed E-state index contributed by atoms with van der Waals surface area (Å²) in [6, 6.07) is 14.6. The van der Waals surface area contributed by atoms with Crippen molar-refractivity contribution in [1.29, 1.82) is 0 Å². The zero-order valence-electron chi connectivity index (χ0n) is 13.3. The van der Waals surface area contributed by atoms with Crippen molar-refractivity contribution >= 4 is 16.8 Å². The Bertz CT molecular complexity index is 881. The van der Waals surface area contributed by atoms with Gasteiger partial charge in [-0.3, -0.25) is 4.79 Å². The molecule has 0 aliphatic heterocycles. The molecule has 4 rings (SSSR count). The second-order valence-corrected chi connectivity index (χ2v) is 6.61. The van der Waals surface area contributed by atoms with Crippen LogP contribution in [0, 0.1) is 5.82 Å². The van der Waals surface area contributed by atoms with Crippen molar-refractivity contribution < 1.29 is 9.18 Å². The third kappa shape index (κ3) is 2.80. The van der Waals surface area contributed by atoms with Gasteiger partial charge in [0, 0.05) is 29.1 Å². The fraction of sp³-hybridized carbons (Fsp3) is 0.250. The van der Waals surface area contributed by atoms with Crippen LogP contribution in [-0.2, 0) is 16.6 Å². The van der Waals surface area contributed by atoms with Gasteiger partial charge in [-0.15, -0.1) is 0 Å². The smallest absolute Gasteiger partial charge is 0.224 e. The Labute approximate surface area is 139 Å². The van der Waals surface area contributed by atoms with E-state index in [4.69, 9.17) is 0 Å². The van der Waals surface area contributed by atoms with Crippen molar-refractivity contribution in [3.8, 4) is 0 Å². The van der Waals surface area contributed by atoms with E-state index in [-0.39, 0.29) is 17.1 Å². The molecule has 4 heteroatoms. The minimum Gasteiger partial charge on any atom is -0.361 e. The first-order valence-electron chi connectivity index (χ1n) is 8.24. The van der Waals surface area contributed by atoms with Crippen LogP contribution in [0.15, 0.2) is 54.7 Å². The number of benzene rings is 2. The lowest BCUT2D eigenvalue weighted by atomic mass is 9.95. The number of hydrogen-bond acceptors (Lipinski definition) is 1. The molecule has 0 radical (unpaired) electrons. The fourth-order valence-electron chi connectivity index (χ4n) is 3.34. The van der Waals surface area contributed by atoms with Gasteiger partial charge in [0.25, 0.3) is 0 Å². The number of hydrogen-bond donors (Lipinski definition) is 2. The first-order valence-corrected chi connectivity index (χ1v) is 8.24. The minimum absolute atomic E-state index is 0.0115. The molecule has 3 nitrogen and oxygen atoms in total. The number of carbonyl (C=O) groups is 1. The second-order valence-electron chi connectivity index (χ2n) is 6.61. The highest BCUT2D eigenvalue weighted by Gasteiger charge is 2.45. The molecule has 0 atom stereocenters. The van der Waals surface area contributed by atoms with Crippen LogP contribution >= 0.6 is 0 Å². The third-order valence-corrected chi connectivity index (χ3v) is 4.90. The summed E-state index contributed by atoms with van der Waals surface area (Å²) in [6.07, 6.45) is 4.45. The number of amides is 1. The molecule has 1 aliphatic carbocycles. The number of fused-ring (bicyclic) bond motifs is 1. The van der Waals surface area contributed by atoms with E-state index in [0.29, 0.717) is 13.0 Å². The molecule has 1 aromatic heterocycles. The topological polar surface area (TPSA) is 44.9 Å². The van der Waals surface area contributed by atoms with Crippen LogP contribution in [0.3, 0.4) is 0 Å². The average molecular weight is 322 g/mol. The highest BCUT2D eigenvalue weighted by molar-refractivity contribution is 5.85. The Morgan fingerprint density at radius 1 is 1.17 bits per heavy atom. The normalized spacial score (nSPS) is 15.4. The van der Waals surface area contributed by atoms with Gasteiger partial charge in [0.2, 0.25) is 5.91 Å². The standard InChI is InChI=1S/C20H19FN2O/c21-15-6-7-16-17(12-22-18(16)11-15)20(8-9-20)13-23-19(24)10-14-4-2-1-3-5-14/h1-7,11-12,22H,8-10,13H2,(H,23,24). The van der Waals surface area contributed by atoms with Crippen LogP contribution < -0.4 is 5.32 Å². The molecule has 1 saturated carbocycles. The Morgan fingerprint density at radius 2 is 1.96 bits per heavy atom. The van der Waals surface area contributed by atoms with Gasteiger partial charge in [-0.2, -0.15) is 0 Å². The van der Waals surface area contributed by atoms with Crippen molar-refractivity contribution in [2.45, 2.75) is 24.7 Å². The first kappa shape index (κ1) is 14.9. The average Bonchev–Trinajstić information content (AvgIpc) is 3.26. The molecule has 24 heavy (non-hydrogen) atoms. The predicted octanol–water partition coefficient (Wildman–Crippen LogP) is 3.70. The lowest BCUT2D eigenvalue weighted by Gasteiger charge is -2.16. The molecule has 1 heterocycles. The van der Waals surface area contributed by atoms with E-state index in [0.717, 1.165) is 29.3 Å². The van der Waals surface area contributed by atoms with Gasteiger partial charge in [-0.1, -0.05) is 30.3 Å². The Balaban J connectivity index is 1.46. The van der Waals surface area contributed by atoms with E-state index in [2.05, 4.69) is 10.3 Å². The number of aromatic amines is 1. The molecule has 1 amide bonds. The predicted molar refractivity (Wildman–Crippen MR) is 92.3 cm³/mol. The van der Waals surface area contributed by atoms with Crippen molar-refractivity contribution in [3.05, 3.63) is 71.7 Å². The zero-order chi connectivity index (χ0) is 16.6. The summed E-state index contributed by atoms with van der Waals surface area (Å²) in [5.74, 6) is -0.199. The second kappa shape index (κ2) is 5.78. The molecule has 0 saturated heterocycles. The van der Waals surface area contributed by atoms with Crippen LogP contribution in [0.25, 0.3) is 10.9 Å². The molecule has 1 fully saturated rings. The van der Waals surface area contributed by atoms with Crippen molar-refractivity contribution in [2.75, 3.05) is 6.54 Å². The van der Waals surface area contributed by atoms with E-state index in [1.54, 1.807) is 0 Å². The summed E-state index contributed by atoms with van der Waals surface area (Å²) in [6.45, 7) is 0.628. The fourth-order valence-corrected chi connectivity index (χ4v) is 3.34. The molecule has 0 unspecified atom stereocenters. The third-order valence-electron chi connectivity index (χ3n) is 4.90. The van der Waals surface area contributed by atoms with E-state index in [1.807, 2.05) is 42.6 Å². The van der Waals surface area contributed by atoms with Crippen molar-refractivity contribution in [2.24, 2.45) is 0 Å².